The fourth-order valence-corrected chi connectivity index (χ4v) is 1.68. The van der Waals surface area contributed by atoms with Gasteiger partial charge in [-0.15, -0.1) is 0 Å². The molecule has 94 valence electrons. The van der Waals surface area contributed by atoms with E-state index in [0.29, 0.717) is 12.0 Å². The second kappa shape index (κ2) is 5.80. The molecule has 0 aliphatic carbocycles. The van der Waals surface area contributed by atoms with Crippen LogP contribution in [-0.4, -0.2) is 28.3 Å². The lowest BCUT2D eigenvalue weighted by Gasteiger charge is -2.29. The van der Waals surface area contributed by atoms with Gasteiger partial charge in [0.15, 0.2) is 0 Å². The summed E-state index contributed by atoms with van der Waals surface area (Å²) in [6, 6.07) is 8.28. The first-order valence-electron chi connectivity index (χ1n) is 5.62. The van der Waals surface area contributed by atoms with E-state index >= 15 is 0 Å². The number of hydrogen-bond acceptors (Lipinski definition) is 3. The van der Waals surface area contributed by atoms with Crippen LogP contribution in [0.15, 0.2) is 30.3 Å². The third-order valence-corrected chi connectivity index (χ3v) is 2.65. The highest BCUT2D eigenvalue weighted by molar-refractivity contribution is 5.75. The molecule has 4 nitrogen and oxygen atoms in total. The number of carboxylic acid groups (broad SMARTS) is 1. The number of aliphatic carboxylic acids is 1. The Hall–Kier alpha value is -1.39. The smallest absolute Gasteiger partial charge is 0.325 e. The van der Waals surface area contributed by atoms with Crippen molar-refractivity contribution in [3.05, 3.63) is 35.9 Å². The molecule has 0 aliphatic heterocycles. The van der Waals surface area contributed by atoms with Crippen LogP contribution in [0.1, 0.15) is 31.9 Å². The van der Waals surface area contributed by atoms with Gasteiger partial charge in [-0.2, -0.15) is 0 Å². The summed E-state index contributed by atoms with van der Waals surface area (Å²) in [5.74, 6) is -0.915. The molecular formula is C13H19NO3. The minimum Gasteiger partial charge on any atom is -0.480 e. The predicted molar refractivity (Wildman–Crippen MR) is 65.7 cm³/mol. The van der Waals surface area contributed by atoms with Crippen LogP contribution in [0.25, 0.3) is 0 Å². The Morgan fingerprint density at radius 2 is 1.94 bits per heavy atom. The summed E-state index contributed by atoms with van der Waals surface area (Å²) in [6.45, 7) is 3.78. The molecule has 0 radical (unpaired) electrons. The van der Waals surface area contributed by atoms with Crippen molar-refractivity contribution in [3.8, 4) is 0 Å². The quantitative estimate of drug-likeness (QED) is 0.702. The molecule has 0 heterocycles. The van der Waals surface area contributed by atoms with Crippen molar-refractivity contribution < 1.29 is 15.0 Å². The molecule has 0 spiro atoms. The fraction of sp³-hybridized carbons (Fsp3) is 0.462. The Balaban J connectivity index is 2.85. The number of nitrogens with one attached hydrogen (secondary N) is 1. The fourth-order valence-electron chi connectivity index (χ4n) is 1.68. The van der Waals surface area contributed by atoms with E-state index in [2.05, 4.69) is 5.32 Å². The van der Waals surface area contributed by atoms with Gasteiger partial charge in [0.25, 0.3) is 0 Å². The van der Waals surface area contributed by atoms with Gasteiger partial charge in [0.1, 0.15) is 6.04 Å². The van der Waals surface area contributed by atoms with Gasteiger partial charge in [0.05, 0.1) is 0 Å². The first-order chi connectivity index (χ1) is 7.96. The maximum atomic E-state index is 11.3. The van der Waals surface area contributed by atoms with Crippen molar-refractivity contribution in [2.24, 2.45) is 0 Å². The van der Waals surface area contributed by atoms with E-state index in [0.717, 1.165) is 0 Å². The van der Waals surface area contributed by atoms with Crippen molar-refractivity contribution in [2.75, 3.05) is 6.61 Å². The van der Waals surface area contributed by atoms with Crippen LogP contribution in [0, 0.1) is 0 Å². The molecule has 0 aliphatic rings. The zero-order valence-corrected chi connectivity index (χ0v) is 10.2. The van der Waals surface area contributed by atoms with Crippen molar-refractivity contribution in [1.82, 2.24) is 5.32 Å². The average Bonchev–Trinajstić information content (AvgIpc) is 2.27. The maximum Gasteiger partial charge on any atom is 0.325 e. The van der Waals surface area contributed by atoms with Crippen molar-refractivity contribution in [2.45, 2.75) is 31.8 Å². The molecule has 0 saturated carbocycles. The second-order valence-corrected chi connectivity index (χ2v) is 4.68. The third kappa shape index (κ3) is 4.17. The summed E-state index contributed by atoms with van der Waals surface area (Å²) in [5.41, 5.74) is 0.291. The Labute approximate surface area is 101 Å². The maximum absolute atomic E-state index is 11.3. The lowest BCUT2D eigenvalue weighted by molar-refractivity contribution is -0.140. The molecule has 1 aromatic carbocycles. The first-order valence-corrected chi connectivity index (χ1v) is 5.62. The Kier molecular flexibility index (Phi) is 4.66. The minimum absolute atomic E-state index is 0.0289. The van der Waals surface area contributed by atoms with Crippen LogP contribution in [0.3, 0.4) is 0 Å². The van der Waals surface area contributed by atoms with E-state index in [1.807, 2.05) is 32.0 Å². The summed E-state index contributed by atoms with van der Waals surface area (Å²) >= 11 is 0. The highest BCUT2D eigenvalue weighted by Crippen LogP contribution is 2.19. The standard InChI is InChI=1S/C13H19NO3/c1-13(2,8-9-15)14-11(12(16)17)10-6-4-3-5-7-10/h3-7,11,14-15H,8-9H2,1-2H3,(H,16,17). The molecule has 4 heteroatoms. The van der Waals surface area contributed by atoms with Gasteiger partial charge in [0, 0.05) is 12.1 Å². The normalized spacial score (nSPS) is 13.4. The number of aliphatic hydroxyl groups excluding tert-OH is 1. The Morgan fingerprint density at radius 3 is 2.41 bits per heavy atom. The molecule has 0 saturated heterocycles. The second-order valence-electron chi connectivity index (χ2n) is 4.68. The molecule has 0 bridgehead atoms. The van der Waals surface area contributed by atoms with Crippen LogP contribution in [0.2, 0.25) is 0 Å². The molecule has 0 fully saturated rings. The highest BCUT2D eigenvalue weighted by atomic mass is 16.4. The highest BCUT2D eigenvalue weighted by Gasteiger charge is 2.27. The molecule has 0 aromatic heterocycles. The summed E-state index contributed by atoms with van der Waals surface area (Å²) in [7, 11) is 0. The summed E-state index contributed by atoms with van der Waals surface area (Å²) in [5, 5.41) is 21.2. The number of carboxylic acids is 1. The lowest BCUT2D eigenvalue weighted by atomic mass is 9.97. The summed E-state index contributed by atoms with van der Waals surface area (Å²) in [4.78, 5) is 11.3. The SMILES string of the molecule is CC(C)(CCO)NC(C(=O)O)c1ccccc1. The molecule has 0 amide bonds. The molecular weight excluding hydrogens is 218 g/mol. The van der Waals surface area contributed by atoms with Gasteiger partial charge >= 0.3 is 5.97 Å². The zero-order valence-electron chi connectivity index (χ0n) is 10.2. The first kappa shape index (κ1) is 13.7. The van der Waals surface area contributed by atoms with E-state index < -0.39 is 17.6 Å². The van der Waals surface area contributed by atoms with Crippen molar-refractivity contribution in [1.29, 1.82) is 0 Å². The molecule has 17 heavy (non-hydrogen) atoms. The largest absolute Gasteiger partial charge is 0.480 e. The number of benzene rings is 1. The van der Waals surface area contributed by atoms with Crippen LogP contribution in [0.5, 0.6) is 0 Å². The van der Waals surface area contributed by atoms with Gasteiger partial charge in [0.2, 0.25) is 0 Å². The molecule has 1 atom stereocenters. The van der Waals surface area contributed by atoms with Crippen LogP contribution in [0.4, 0.5) is 0 Å². The Morgan fingerprint density at radius 1 is 1.35 bits per heavy atom. The zero-order chi connectivity index (χ0) is 12.9. The number of hydrogen-bond donors (Lipinski definition) is 3. The topological polar surface area (TPSA) is 69.6 Å². The van der Waals surface area contributed by atoms with Gasteiger partial charge < -0.3 is 10.2 Å². The molecule has 1 rings (SSSR count). The minimum atomic E-state index is -0.915. The number of rotatable bonds is 6. The average molecular weight is 237 g/mol. The number of aliphatic hydroxyl groups is 1. The number of carbonyl (C=O) groups is 1. The molecule has 3 N–H and O–H groups in total. The van der Waals surface area contributed by atoms with E-state index in [1.165, 1.54) is 0 Å². The van der Waals surface area contributed by atoms with E-state index in [1.54, 1.807) is 12.1 Å². The van der Waals surface area contributed by atoms with E-state index in [4.69, 9.17) is 5.11 Å². The van der Waals surface area contributed by atoms with Crippen LogP contribution >= 0.6 is 0 Å². The van der Waals surface area contributed by atoms with E-state index in [-0.39, 0.29) is 6.61 Å². The van der Waals surface area contributed by atoms with E-state index in [9.17, 15) is 9.90 Å². The monoisotopic (exact) mass is 237 g/mol. The van der Waals surface area contributed by atoms with Crippen LogP contribution in [-0.2, 0) is 4.79 Å². The molecule has 1 aromatic rings. The summed E-state index contributed by atoms with van der Waals surface area (Å²) in [6.07, 6.45) is 0.504. The van der Waals surface area contributed by atoms with Gasteiger partial charge in [-0.05, 0) is 25.8 Å². The Bertz CT molecular complexity index is 362. The van der Waals surface area contributed by atoms with Crippen LogP contribution < -0.4 is 5.32 Å². The van der Waals surface area contributed by atoms with Crippen molar-refractivity contribution >= 4 is 5.97 Å². The van der Waals surface area contributed by atoms with Crippen molar-refractivity contribution in [3.63, 3.8) is 0 Å². The summed E-state index contributed by atoms with van der Waals surface area (Å²) < 4.78 is 0. The van der Waals surface area contributed by atoms with Gasteiger partial charge in [-0.1, -0.05) is 30.3 Å². The molecule has 1 unspecified atom stereocenters. The van der Waals surface area contributed by atoms with Gasteiger partial charge in [-0.3, -0.25) is 10.1 Å². The lowest BCUT2D eigenvalue weighted by Crippen LogP contribution is -2.45. The predicted octanol–water partition coefficient (Wildman–Crippen LogP) is 1.56. The van der Waals surface area contributed by atoms with Gasteiger partial charge in [-0.25, -0.2) is 0 Å². The third-order valence-electron chi connectivity index (χ3n) is 2.65.